The number of carboxylic acids is 1. The molecule has 2 N–H and O–H groups in total. The Bertz CT molecular complexity index is 314. The maximum atomic E-state index is 11.7. The third-order valence-electron chi connectivity index (χ3n) is 2.61. The molecule has 0 aromatic heterocycles. The molecule has 0 radical (unpaired) electrons. The maximum absolute atomic E-state index is 11.7. The van der Waals surface area contributed by atoms with Gasteiger partial charge >= 0.3 is 12.1 Å². The van der Waals surface area contributed by atoms with Crippen molar-refractivity contribution in [1.29, 1.82) is 0 Å². The molecule has 1 aliphatic heterocycles. The zero-order valence-corrected chi connectivity index (χ0v) is 11.9. The van der Waals surface area contributed by atoms with E-state index in [9.17, 15) is 9.59 Å². The fourth-order valence-corrected chi connectivity index (χ4v) is 3.11. The van der Waals surface area contributed by atoms with Gasteiger partial charge in [0.1, 0.15) is 5.60 Å². The van der Waals surface area contributed by atoms with Crippen LogP contribution in [0.15, 0.2) is 0 Å². The number of hydrogen-bond acceptors (Lipinski definition) is 4. The van der Waals surface area contributed by atoms with Crippen molar-refractivity contribution >= 4 is 23.8 Å². The van der Waals surface area contributed by atoms with Crippen molar-refractivity contribution < 1.29 is 19.4 Å². The van der Waals surface area contributed by atoms with Gasteiger partial charge in [-0.05, 0) is 44.6 Å². The molecule has 1 rings (SSSR count). The molecule has 1 fully saturated rings. The van der Waals surface area contributed by atoms with Gasteiger partial charge in [0.2, 0.25) is 0 Å². The lowest BCUT2D eigenvalue weighted by atomic mass is 9.95. The summed E-state index contributed by atoms with van der Waals surface area (Å²) in [5.74, 6) is 0.871. The van der Waals surface area contributed by atoms with Gasteiger partial charge in [0.15, 0.2) is 0 Å². The number of alkyl carbamates (subject to hydrolysis) is 1. The summed E-state index contributed by atoms with van der Waals surface area (Å²) in [4.78, 5) is 22.4. The summed E-state index contributed by atoms with van der Waals surface area (Å²) >= 11 is 1.73. The lowest BCUT2D eigenvalue weighted by molar-refractivity contribution is -0.138. The topological polar surface area (TPSA) is 75.6 Å². The molecule has 0 spiro atoms. The number of amides is 1. The number of thioether (sulfide) groups is 1. The second kappa shape index (κ2) is 6.31. The maximum Gasteiger partial charge on any atom is 0.407 e. The minimum absolute atomic E-state index is 0.0197. The molecule has 18 heavy (non-hydrogen) atoms. The molecule has 0 aliphatic carbocycles. The van der Waals surface area contributed by atoms with E-state index >= 15 is 0 Å². The first-order chi connectivity index (χ1) is 8.28. The average Bonchev–Trinajstić information content (AvgIpc) is 2.17. The van der Waals surface area contributed by atoms with Crippen LogP contribution in [0.4, 0.5) is 4.79 Å². The van der Waals surface area contributed by atoms with Crippen molar-refractivity contribution in [3.05, 3.63) is 0 Å². The highest BCUT2D eigenvalue weighted by atomic mass is 32.2. The first kappa shape index (κ1) is 15.1. The van der Waals surface area contributed by atoms with Gasteiger partial charge in [-0.1, -0.05) is 0 Å². The van der Waals surface area contributed by atoms with Crippen LogP contribution in [0.2, 0.25) is 0 Å². The Balaban J connectivity index is 2.51. The van der Waals surface area contributed by atoms with E-state index in [4.69, 9.17) is 9.84 Å². The number of hydrogen-bond donors (Lipinski definition) is 2. The molecule has 1 amide bonds. The standard InChI is InChI=1S/C12H21NO4S/c1-12(2,3)17-11(16)13-9-4-5-18-7-8(9)6-10(14)15/h8-9H,4-7H2,1-3H3,(H,13,16)(H,14,15)/t8-,9-/m1/s1. The Morgan fingerprint density at radius 3 is 2.67 bits per heavy atom. The van der Waals surface area contributed by atoms with Crippen LogP contribution in [-0.4, -0.2) is 40.3 Å². The molecule has 1 heterocycles. The number of ether oxygens (including phenoxy) is 1. The smallest absolute Gasteiger partial charge is 0.407 e. The molecular formula is C12H21NO4S. The number of carbonyl (C=O) groups is 2. The van der Waals surface area contributed by atoms with Crippen LogP contribution in [0.25, 0.3) is 0 Å². The lowest BCUT2D eigenvalue weighted by Crippen LogP contribution is -2.46. The zero-order chi connectivity index (χ0) is 13.8. The first-order valence-corrected chi connectivity index (χ1v) is 7.22. The summed E-state index contributed by atoms with van der Waals surface area (Å²) in [6.45, 7) is 5.41. The molecule has 0 saturated carbocycles. The molecule has 2 atom stereocenters. The van der Waals surface area contributed by atoms with E-state index < -0.39 is 17.7 Å². The molecule has 0 bridgehead atoms. The van der Waals surface area contributed by atoms with Crippen molar-refractivity contribution in [2.24, 2.45) is 5.92 Å². The number of carboxylic acid groups (broad SMARTS) is 1. The van der Waals surface area contributed by atoms with Crippen LogP contribution < -0.4 is 5.32 Å². The van der Waals surface area contributed by atoms with Crippen molar-refractivity contribution in [3.63, 3.8) is 0 Å². The SMILES string of the molecule is CC(C)(C)OC(=O)N[C@@H]1CCSC[C@H]1CC(=O)O. The molecule has 0 aromatic carbocycles. The van der Waals surface area contributed by atoms with Crippen LogP contribution in [0.3, 0.4) is 0 Å². The quantitative estimate of drug-likeness (QED) is 0.825. The third-order valence-corrected chi connectivity index (χ3v) is 3.80. The van der Waals surface area contributed by atoms with Crippen molar-refractivity contribution in [2.45, 2.75) is 45.3 Å². The van der Waals surface area contributed by atoms with Gasteiger partial charge in [-0.2, -0.15) is 11.8 Å². The molecular weight excluding hydrogens is 254 g/mol. The Hall–Kier alpha value is -0.910. The van der Waals surface area contributed by atoms with E-state index in [0.29, 0.717) is 0 Å². The Morgan fingerprint density at radius 1 is 1.44 bits per heavy atom. The first-order valence-electron chi connectivity index (χ1n) is 6.07. The summed E-state index contributed by atoms with van der Waals surface area (Å²) in [5.41, 5.74) is -0.532. The fraction of sp³-hybridized carbons (Fsp3) is 0.833. The molecule has 104 valence electrons. The van der Waals surface area contributed by atoms with Gasteiger partial charge < -0.3 is 15.2 Å². The van der Waals surface area contributed by atoms with Crippen molar-refractivity contribution in [1.82, 2.24) is 5.32 Å². The predicted octanol–water partition coefficient (Wildman–Crippen LogP) is 2.11. The van der Waals surface area contributed by atoms with Gasteiger partial charge in [0, 0.05) is 6.04 Å². The van der Waals surface area contributed by atoms with Crippen LogP contribution in [0.5, 0.6) is 0 Å². The normalized spacial score (nSPS) is 24.4. The van der Waals surface area contributed by atoms with E-state index in [2.05, 4.69) is 5.32 Å². The van der Waals surface area contributed by atoms with Crippen LogP contribution >= 0.6 is 11.8 Å². The van der Waals surface area contributed by atoms with Gasteiger partial charge in [-0.25, -0.2) is 4.79 Å². The average molecular weight is 275 g/mol. The summed E-state index contributed by atoms with van der Waals surface area (Å²) < 4.78 is 5.19. The number of aliphatic carboxylic acids is 1. The number of carbonyl (C=O) groups excluding carboxylic acids is 1. The van der Waals surface area contributed by atoms with E-state index in [1.165, 1.54) is 0 Å². The van der Waals surface area contributed by atoms with E-state index in [-0.39, 0.29) is 18.4 Å². The molecule has 0 aromatic rings. The van der Waals surface area contributed by atoms with Gasteiger partial charge in [0.05, 0.1) is 6.42 Å². The van der Waals surface area contributed by atoms with E-state index in [1.54, 1.807) is 32.5 Å². The Morgan fingerprint density at radius 2 is 2.11 bits per heavy atom. The summed E-state index contributed by atoms with van der Waals surface area (Å²) in [6, 6.07) is -0.0998. The second-order valence-corrected chi connectivity index (χ2v) is 6.62. The Kier molecular flexibility index (Phi) is 5.31. The minimum atomic E-state index is -0.821. The lowest BCUT2D eigenvalue weighted by Gasteiger charge is -2.31. The highest BCUT2D eigenvalue weighted by molar-refractivity contribution is 7.99. The highest BCUT2D eigenvalue weighted by Gasteiger charge is 2.30. The summed E-state index contributed by atoms with van der Waals surface area (Å²) in [7, 11) is 0. The fourth-order valence-electron chi connectivity index (χ4n) is 1.87. The van der Waals surface area contributed by atoms with Gasteiger partial charge in [0.25, 0.3) is 0 Å². The third kappa shape index (κ3) is 5.62. The number of nitrogens with one attached hydrogen (secondary N) is 1. The van der Waals surface area contributed by atoms with Crippen LogP contribution in [-0.2, 0) is 9.53 Å². The largest absolute Gasteiger partial charge is 0.481 e. The van der Waals surface area contributed by atoms with Crippen LogP contribution in [0, 0.1) is 5.92 Å². The number of rotatable bonds is 3. The second-order valence-electron chi connectivity index (χ2n) is 5.47. The monoisotopic (exact) mass is 275 g/mol. The highest BCUT2D eigenvalue weighted by Crippen LogP contribution is 2.26. The van der Waals surface area contributed by atoms with Crippen LogP contribution in [0.1, 0.15) is 33.6 Å². The van der Waals surface area contributed by atoms with Crippen molar-refractivity contribution in [2.75, 3.05) is 11.5 Å². The molecule has 5 nitrogen and oxygen atoms in total. The summed E-state index contributed by atoms with van der Waals surface area (Å²) in [6.07, 6.45) is 0.421. The molecule has 6 heteroatoms. The molecule has 1 aliphatic rings. The zero-order valence-electron chi connectivity index (χ0n) is 11.1. The minimum Gasteiger partial charge on any atom is -0.481 e. The van der Waals surface area contributed by atoms with E-state index in [1.807, 2.05) is 0 Å². The summed E-state index contributed by atoms with van der Waals surface area (Å²) in [5, 5.41) is 11.6. The molecule has 0 unspecified atom stereocenters. The van der Waals surface area contributed by atoms with E-state index in [0.717, 1.165) is 17.9 Å². The predicted molar refractivity (Wildman–Crippen MR) is 70.8 cm³/mol. The van der Waals surface area contributed by atoms with Crippen molar-refractivity contribution in [3.8, 4) is 0 Å². The Labute approximate surface area is 112 Å². The van der Waals surface area contributed by atoms with Gasteiger partial charge in [-0.3, -0.25) is 4.79 Å². The van der Waals surface area contributed by atoms with Gasteiger partial charge in [-0.15, -0.1) is 0 Å². The molecule has 1 saturated heterocycles.